The van der Waals surface area contributed by atoms with Crippen molar-refractivity contribution in [1.82, 2.24) is 0 Å². The molecule has 0 heterocycles. The lowest BCUT2D eigenvalue weighted by Crippen LogP contribution is -2.16. The predicted molar refractivity (Wildman–Crippen MR) is 82.7 cm³/mol. The first-order valence-electron chi connectivity index (χ1n) is 7.72. The maximum Gasteiger partial charge on any atom is 0.228 e. The van der Waals surface area contributed by atoms with Crippen LogP contribution in [0.15, 0.2) is 18.2 Å². The minimum Gasteiger partial charge on any atom is -0.384 e. The van der Waals surface area contributed by atoms with Crippen LogP contribution in [0.4, 0.5) is 5.69 Å². The molecule has 2 saturated carbocycles. The van der Waals surface area contributed by atoms with E-state index in [4.69, 9.17) is 5.11 Å². The van der Waals surface area contributed by atoms with E-state index in [1.165, 1.54) is 25.7 Å². The normalized spacial score (nSPS) is 26.3. The average molecular weight is 283 g/mol. The van der Waals surface area contributed by atoms with Crippen LogP contribution < -0.4 is 5.32 Å². The van der Waals surface area contributed by atoms with E-state index in [1.54, 1.807) is 0 Å². The van der Waals surface area contributed by atoms with Gasteiger partial charge in [-0.15, -0.1) is 0 Å². The number of carbonyl (C=O) groups is 1. The van der Waals surface area contributed by atoms with Crippen LogP contribution in [0.5, 0.6) is 0 Å². The number of hydrogen-bond acceptors (Lipinski definition) is 2. The fourth-order valence-corrected chi connectivity index (χ4v) is 3.60. The van der Waals surface area contributed by atoms with E-state index in [9.17, 15) is 4.79 Å². The van der Waals surface area contributed by atoms with Gasteiger partial charge in [-0.25, -0.2) is 0 Å². The minimum atomic E-state index is -0.173. The minimum absolute atomic E-state index is 0.141. The third kappa shape index (κ3) is 2.96. The van der Waals surface area contributed by atoms with Gasteiger partial charge in [-0.3, -0.25) is 4.79 Å². The molecule has 2 N–H and O–H groups in total. The monoisotopic (exact) mass is 283 g/mol. The van der Waals surface area contributed by atoms with Crippen molar-refractivity contribution in [2.45, 2.75) is 32.6 Å². The Morgan fingerprint density at radius 1 is 1.33 bits per heavy atom. The summed E-state index contributed by atoms with van der Waals surface area (Å²) in [5, 5.41) is 11.9. The number of aryl methyl sites for hydroxylation is 1. The Hall–Kier alpha value is -1.79. The van der Waals surface area contributed by atoms with Gasteiger partial charge in [-0.2, -0.15) is 0 Å². The van der Waals surface area contributed by atoms with E-state index in [1.807, 2.05) is 25.1 Å². The van der Waals surface area contributed by atoms with Gasteiger partial charge in [0.25, 0.3) is 0 Å². The Morgan fingerprint density at radius 3 is 2.71 bits per heavy atom. The average Bonchev–Trinajstić information content (AvgIpc) is 3.22. The molecule has 2 atom stereocenters. The highest BCUT2D eigenvalue weighted by atomic mass is 16.2. The van der Waals surface area contributed by atoms with E-state index in [0.717, 1.165) is 16.8 Å². The second kappa shape index (κ2) is 5.91. The number of benzene rings is 1. The number of anilines is 1. The predicted octanol–water partition coefficient (Wildman–Crippen LogP) is 2.71. The van der Waals surface area contributed by atoms with Crippen LogP contribution >= 0.6 is 0 Å². The second-order valence-corrected chi connectivity index (χ2v) is 6.14. The molecule has 0 radical (unpaired) electrons. The van der Waals surface area contributed by atoms with Crippen LogP contribution in [0.1, 0.15) is 36.8 Å². The number of nitrogens with one attached hydrogen (secondary N) is 1. The summed E-state index contributed by atoms with van der Waals surface area (Å²) in [6, 6.07) is 5.82. The lowest BCUT2D eigenvalue weighted by atomic mass is 10.0. The number of carbonyl (C=O) groups excluding carboxylic acids is 1. The summed E-state index contributed by atoms with van der Waals surface area (Å²) < 4.78 is 0. The first kappa shape index (κ1) is 14.2. The molecule has 1 amide bonds. The first-order valence-corrected chi connectivity index (χ1v) is 7.72. The quantitative estimate of drug-likeness (QED) is 0.820. The maximum absolute atomic E-state index is 12.4. The molecular weight excluding hydrogens is 262 g/mol. The largest absolute Gasteiger partial charge is 0.384 e. The molecule has 0 bridgehead atoms. The molecule has 2 fully saturated rings. The van der Waals surface area contributed by atoms with Gasteiger partial charge in [-0.05, 0) is 49.3 Å². The zero-order valence-corrected chi connectivity index (χ0v) is 12.4. The zero-order valence-electron chi connectivity index (χ0n) is 12.4. The summed E-state index contributed by atoms with van der Waals surface area (Å²) in [5.41, 5.74) is 2.63. The van der Waals surface area contributed by atoms with Crippen LogP contribution in [-0.4, -0.2) is 17.6 Å². The molecule has 0 spiro atoms. The van der Waals surface area contributed by atoms with Gasteiger partial charge < -0.3 is 10.4 Å². The van der Waals surface area contributed by atoms with Crippen molar-refractivity contribution in [1.29, 1.82) is 0 Å². The SMILES string of the molecule is Cc1ccc(NC(=O)C2C3CCCCC32)c(C#CCO)c1. The highest BCUT2D eigenvalue weighted by Crippen LogP contribution is 2.55. The molecule has 3 heteroatoms. The van der Waals surface area contributed by atoms with E-state index in [-0.39, 0.29) is 18.4 Å². The molecule has 2 aliphatic rings. The van der Waals surface area contributed by atoms with E-state index in [2.05, 4.69) is 17.2 Å². The summed E-state index contributed by atoms with van der Waals surface area (Å²) in [6.07, 6.45) is 4.94. The van der Waals surface area contributed by atoms with Crippen LogP contribution in [0.3, 0.4) is 0 Å². The number of aliphatic hydroxyl groups excluding tert-OH is 1. The third-order valence-electron chi connectivity index (χ3n) is 4.69. The van der Waals surface area contributed by atoms with E-state index in [0.29, 0.717) is 11.8 Å². The fraction of sp³-hybridized carbons (Fsp3) is 0.500. The summed E-state index contributed by atoms with van der Waals surface area (Å²) in [5.74, 6) is 7.13. The molecule has 1 aromatic carbocycles. The molecule has 3 rings (SSSR count). The Balaban J connectivity index is 1.74. The lowest BCUT2D eigenvalue weighted by Gasteiger charge is -2.08. The summed E-state index contributed by atoms with van der Waals surface area (Å²) in [6.45, 7) is 1.82. The summed E-state index contributed by atoms with van der Waals surface area (Å²) >= 11 is 0. The van der Waals surface area contributed by atoms with Crippen molar-refractivity contribution < 1.29 is 9.90 Å². The van der Waals surface area contributed by atoms with Crippen LogP contribution in [0, 0.1) is 36.5 Å². The Kier molecular flexibility index (Phi) is 3.98. The second-order valence-electron chi connectivity index (χ2n) is 6.14. The Morgan fingerprint density at radius 2 is 2.05 bits per heavy atom. The molecule has 21 heavy (non-hydrogen) atoms. The van der Waals surface area contributed by atoms with Gasteiger partial charge in [-0.1, -0.05) is 30.7 Å². The van der Waals surface area contributed by atoms with Crippen LogP contribution in [0.2, 0.25) is 0 Å². The number of fused-ring (bicyclic) bond motifs is 1. The number of aliphatic hydroxyl groups is 1. The van der Waals surface area contributed by atoms with Crippen molar-refractivity contribution in [3.05, 3.63) is 29.3 Å². The Labute approximate surface area is 125 Å². The highest BCUT2D eigenvalue weighted by molar-refractivity contribution is 5.96. The summed E-state index contributed by atoms with van der Waals surface area (Å²) in [7, 11) is 0. The molecule has 2 unspecified atom stereocenters. The molecule has 0 saturated heterocycles. The first-order chi connectivity index (χ1) is 10.2. The number of amides is 1. The summed E-state index contributed by atoms with van der Waals surface area (Å²) in [4.78, 5) is 12.4. The molecular formula is C18H21NO2. The standard InChI is InChI=1S/C18H21NO2/c1-12-8-9-16(13(11-12)5-4-10-20)19-18(21)17-14-6-2-3-7-15(14)17/h8-9,11,14-15,17,20H,2-3,6-7,10H2,1H3,(H,19,21). The van der Waals surface area contributed by atoms with E-state index < -0.39 is 0 Å². The molecule has 110 valence electrons. The smallest absolute Gasteiger partial charge is 0.228 e. The van der Waals surface area contributed by atoms with Crippen molar-refractivity contribution in [3.8, 4) is 11.8 Å². The van der Waals surface area contributed by atoms with Crippen molar-refractivity contribution in [2.24, 2.45) is 17.8 Å². The highest BCUT2D eigenvalue weighted by Gasteiger charge is 2.54. The third-order valence-corrected chi connectivity index (χ3v) is 4.69. The molecule has 3 nitrogen and oxygen atoms in total. The number of rotatable bonds is 2. The van der Waals surface area contributed by atoms with Crippen molar-refractivity contribution in [2.75, 3.05) is 11.9 Å². The fourth-order valence-electron chi connectivity index (χ4n) is 3.60. The van der Waals surface area contributed by atoms with Gasteiger partial charge in [0.15, 0.2) is 0 Å². The topological polar surface area (TPSA) is 49.3 Å². The molecule has 0 aliphatic heterocycles. The molecule has 0 aromatic heterocycles. The lowest BCUT2D eigenvalue weighted by molar-refractivity contribution is -0.117. The van der Waals surface area contributed by atoms with Gasteiger partial charge in [0.05, 0.1) is 5.69 Å². The zero-order chi connectivity index (χ0) is 14.8. The Bertz CT molecular complexity index is 599. The molecule has 2 aliphatic carbocycles. The van der Waals surface area contributed by atoms with Gasteiger partial charge in [0, 0.05) is 11.5 Å². The number of hydrogen-bond donors (Lipinski definition) is 2. The van der Waals surface area contributed by atoms with Crippen LogP contribution in [-0.2, 0) is 4.79 Å². The van der Waals surface area contributed by atoms with Crippen LogP contribution in [0.25, 0.3) is 0 Å². The van der Waals surface area contributed by atoms with Crippen molar-refractivity contribution in [3.63, 3.8) is 0 Å². The van der Waals surface area contributed by atoms with Gasteiger partial charge in [0.1, 0.15) is 6.61 Å². The molecule has 1 aromatic rings. The van der Waals surface area contributed by atoms with Gasteiger partial charge >= 0.3 is 0 Å². The van der Waals surface area contributed by atoms with Crippen molar-refractivity contribution >= 4 is 11.6 Å². The van der Waals surface area contributed by atoms with Gasteiger partial charge in [0.2, 0.25) is 5.91 Å². The van der Waals surface area contributed by atoms with E-state index >= 15 is 0 Å². The maximum atomic E-state index is 12.4.